The number of anilines is 1. The van der Waals surface area contributed by atoms with Gasteiger partial charge in [-0.25, -0.2) is 9.97 Å². The summed E-state index contributed by atoms with van der Waals surface area (Å²) in [5, 5.41) is 10.4. The van der Waals surface area contributed by atoms with Crippen LogP contribution in [-0.4, -0.2) is 26.0 Å². The maximum absolute atomic E-state index is 6.44. The molecule has 0 spiro atoms. The number of nitrogens with zero attached hydrogens (tertiary/aromatic N) is 5. The van der Waals surface area contributed by atoms with Crippen molar-refractivity contribution in [1.29, 1.82) is 0 Å². The van der Waals surface area contributed by atoms with E-state index in [9.17, 15) is 0 Å². The van der Waals surface area contributed by atoms with Gasteiger partial charge in [0.1, 0.15) is 16.3 Å². The summed E-state index contributed by atoms with van der Waals surface area (Å²) in [5.74, 6) is 1.17. The van der Waals surface area contributed by atoms with E-state index in [0.717, 1.165) is 28.0 Å². The molecule has 0 aliphatic heterocycles. The van der Waals surface area contributed by atoms with E-state index in [4.69, 9.17) is 11.6 Å². The highest BCUT2D eigenvalue weighted by molar-refractivity contribution is 7.18. The summed E-state index contributed by atoms with van der Waals surface area (Å²) in [6.45, 7) is 11.1. The van der Waals surface area contributed by atoms with Gasteiger partial charge >= 0.3 is 0 Å². The molecule has 25 heavy (non-hydrogen) atoms. The van der Waals surface area contributed by atoms with Crippen LogP contribution in [0, 0.1) is 26.7 Å². The Morgan fingerprint density at radius 3 is 2.80 bits per heavy atom. The van der Waals surface area contributed by atoms with Gasteiger partial charge in [-0.2, -0.15) is 10.2 Å². The molecule has 132 valence electrons. The van der Waals surface area contributed by atoms with Gasteiger partial charge in [-0.05, 0) is 32.3 Å². The SMILES string of the molecule is Cc1nn(CC(C)C)c(Cl)c1/C=N\Nc1ncnc2sc(C)c(C)c12. The van der Waals surface area contributed by atoms with Gasteiger partial charge in [0.2, 0.25) is 0 Å². The molecule has 0 bridgehead atoms. The van der Waals surface area contributed by atoms with Crippen molar-refractivity contribution in [3.05, 3.63) is 33.2 Å². The molecule has 0 saturated carbocycles. The Labute approximate surface area is 155 Å². The molecule has 0 aliphatic carbocycles. The van der Waals surface area contributed by atoms with E-state index in [-0.39, 0.29) is 0 Å². The third-order valence-corrected chi connectivity index (χ3v) is 5.49. The van der Waals surface area contributed by atoms with Gasteiger partial charge in [-0.1, -0.05) is 25.4 Å². The molecule has 0 atom stereocenters. The molecule has 8 heteroatoms. The van der Waals surface area contributed by atoms with Crippen molar-refractivity contribution >= 4 is 45.2 Å². The summed E-state index contributed by atoms with van der Waals surface area (Å²) < 4.78 is 1.82. The largest absolute Gasteiger partial charge is 0.261 e. The van der Waals surface area contributed by atoms with Crippen molar-refractivity contribution in [3.63, 3.8) is 0 Å². The molecule has 3 rings (SSSR count). The molecular formula is C17H21ClN6S. The Hall–Kier alpha value is -1.99. The molecule has 6 nitrogen and oxygen atoms in total. The van der Waals surface area contributed by atoms with E-state index < -0.39 is 0 Å². The zero-order valence-corrected chi connectivity index (χ0v) is 16.5. The Morgan fingerprint density at radius 1 is 1.32 bits per heavy atom. The first kappa shape index (κ1) is 17.8. The third kappa shape index (κ3) is 3.52. The highest BCUT2D eigenvalue weighted by Gasteiger charge is 2.13. The monoisotopic (exact) mass is 376 g/mol. The lowest BCUT2D eigenvalue weighted by Gasteiger charge is -2.05. The topological polar surface area (TPSA) is 68.0 Å². The van der Waals surface area contributed by atoms with Crippen LogP contribution in [-0.2, 0) is 6.54 Å². The molecule has 3 aromatic rings. The quantitative estimate of drug-likeness (QED) is 0.523. The summed E-state index contributed by atoms with van der Waals surface area (Å²) in [5.41, 5.74) is 5.87. The number of hydrogen-bond donors (Lipinski definition) is 1. The standard InChI is InChI=1S/C17H21ClN6S/c1-9(2)7-24-15(18)13(11(4)23-24)6-21-22-16-14-10(3)12(5)25-17(14)20-8-19-16/h6,8-9H,7H2,1-5H3,(H,19,20,22)/b21-6-. The van der Waals surface area contributed by atoms with Crippen molar-refractivity contribution in [3.8, 4) is 0 Å². The summed E-state index contributed by atoms with van der Waals surface area (Å²) in [4.78, 5) is 10.8. The molecule has 3 heterocycles. The fraction of sp³-hybridized carbons (Fsp3) is 0.412. The molecule has 0 radical (unpaired) electrons. The fourth-order valence-corrected chi connectivity index (χ4v) is 3.90. The number of aryl methyl sites for hydroxylation is 3. The summed E-state index contributed by atoms with van der Waals surface area (Å²) in [6, 6.07) is 0. The van der Waals surface area contributed by atoms with Crippen LogP contribution >= 0.6 is 22.9 Å². The van der Waals surface area contributed by atoms with Gasteiger partial charge in [0.25, 0.3) is 0 Å². The van der Waals surface area contributed by atoms with Crippen LogP contribution in [0.2, 0.25) is 5.15 Å². The Balaban J connectivity index is 1.86. The Morgan fingerprint density at radius 2 is 2.08 bits per heavy atom. The van der Waals surface area contributed by atoms with E-state index in [1.807, 2.05) is 11.6 Å². The number of rotatable bonds is 5. The van der Waals surface area contributed by atoms with Gasteiger partial charge in [-0.3, -0.25) is 10.1 Å². The lowest BCUT2D eigenvalue weighted by molar-refractivity contribution is 0.482. The van der Waals surface area contributed by atoms with E-state index >= 15 is 0 Å². The minimum atomic E-state index is 0.471. The number of aromatic nitrogens is 4. The van der Waals surface area contributed by atoms with Crippen molar-refractivity contribution in [2.24, 2.45) is 11.0 Å². The number of thiophene rings is 1. The van der Waals surface area contributed by atoms with Crippen LogP contribution in [0.4, 0.5) is 5.82 Å². The van der Waals surface area contributed by atoms with E-state index in [2.05, 4.69) is 53.3 Å². The van der Waals surface area contributed by atoms with Crippen molar-refractivity contribution in [2.75, 3.05) is 5.43 Å². The first-order valence-electron chi connectivity index (χ1n) is 8.11. The van der Waals surface area contributed by atoms with Crippen LogP contribution in [0.1, 0.15) is 35.5 Å². The van der Waals surface area contributed by atoms with Crippen LogP contribution in [0.25, 0.3) is 10.2 Å². The first-order valence-corrected chi connectivity index (χ1v) is 9.30. The van der Waals surface area contributed by atoms with Gasteiger partial charge in [0.15, 0.2) is 5.82 Å². The average Bonchev–Trinajstić information content (AvgIpc) is 2.98. The normalized spacial score (nSPS) is 12.0. The molecule has 0 unspecified atom stereocenters. The highest BCUT2D eigenvalue weighted by atomic mass is 35.5. The van der Waals surface area contributed by atoms with Crippen LogP contribution in [0.15, 0.2) is 11.4 Å². The molecule has 0 aliphatic rings. The molecule has 3 aromatic heterocycles. The predicted octanol–water partition coefficient (Wildman–Crippen LogP) is 4.57. The third-order valence-electron chi connectivity index (χ3n) is 3.98. The lowest BCUT2D eigenvalue weighted by atomic mass is 10.2. The Kier molecular flexibility index (Phi) is 5.06. The average molecular weight is 377 g/mol. The van der Waals surface area contributed by atoms with Crippen molar-refractivity contribution in [2.45, 2.75) is 41.2 Å². The number of fused-ring (bicyclic) bond motifs is 1. The molecular weight excluding hydrogens is 356 g/mol. The maximum Gasteiger partial charge on any atom is 0.158 e. The summed E-state index contributed by atoms with van der Waals surface area (Å²) in [6.07, 6.45) is 3.25. The van der Waals surface area contributed by atoms with E-state index in [1.165, 1.54) is 10.4 Å². The number of halogens is 1. The highest BCUT2D eigenvalue weighted by Crippen LogP contribution is 2.32. The van der Waals surface area contributed by atoms with Crippen molar-refractivity contribution in [1.82, 2.24) is 19.7 Å². The molecule has 1 N–H and O–H groups in total. The Bertz CT molecular complexity index is 940. The molecule has 0 aromatic carbocycles. The second kappa shape index (κ2) is 7.09. The number of hydrazone groups is 1. The van der Waals surface area contributed by atoms with Gasteiger partial charge in [-0.15, -0.1) is 11.3 Å². The maximum atomic E-state index is 6.44. The molecule has 0 fully saturated rings. The number of hydrogen-bond acceptors (Lipinski definition) is 6. The predicted molar refractivity (Wildman–Crippen MR) is 105 cm³/mol. The zero-order valence-electron chi connectivity index (χ0n) is 15.0. The fourth-order valence-electron chi connectivity index (χ4n) is 2.61. The molecule has 0 saturated heterocycles. The van der Waals surface area contributed by atoms with Gasteiger partial charge < -0.3 is 0 Å². The minimum Gasteiger partial charge on any atom is -0.261 e. The van der Waals surface area contributed by atoms with Gasteiger partial charge in [0.05, 0.1) is 22.9 Å². The van der Waals surface area contributed by atoms with Crippen LogP contribution in [0.5, 0.6) is 0 Å². The van der Waals surface area contributed by atoms with E-state index in [1.54, 1.807) is 23.9 Å². The summed E-state index contributed by atoms with van der Waals surface area (Å²) in [7, 11) is 0. The minimum absolute atomic E-state index is 0.471. The van der Waals surface area contributed by atoms with Crippen LogP contribution < -0.4 is 5.43 Å². The van der Waals surface area contributed by atoms with Crippen molar-refractivity contribution < 1.29 is 0 Å². The smallest absolute Gasteiger partial charge is 0.158 e. The van der Waals surface area contributed by atoms with Crippen LogP contribution in [0.3, 0.4) is 0 Å². The van der Waals surface area contributed by atoms with Gasteiger partial charge in [0, 0.05) is 11.4 Å². The first-order chi connectivity index (χ1) is 11.9. The second-order valence-electron chi connectivity index (χ2n) is 6.42. The van der Waals surface area contributed by atoms with E-state index in [0.29, 0.717) is 16.9 Å². The zero-order chi connectivity index (χ0) is 18.1. The summed E-state index contributed by atoms with van der Waals surface area (Å²) >= 11 is 8.10. The lowest BCUT2D eigenvalue weighted by Crippen LogP contribution is -2.06. The molecule has 0 amide bonds. The second-order valence-corrected chi connectivity index (χ2v) is 7.98. The number of nitrogens with one attached hydrogen (secondary N) is 1.